The van der Waals surface area contributed by atoms with E-state index in [-0.39, 0.29) is 5.69 Å². The molecule has 33 heavy (non-hydrogen) atoms. The summed E-state index contributed by atoms with van der Waals surface area (Å²) in [5.41, 5.74) is 7.26. The van der Waals surface area contributed by atoms with Gasteiger partial charge in [-0.3, -0.25) is 0 Å². The van der Waals surface area contributed by atoms with Gasteiger partial charge in [-0.1, -0.05) is 0 Å². The normalized spacial score (nSPS) is 15.9. The molecule has 1 saturated heterocycles. The Morgan fingerprint density at radius 2 is 1.82 bits per heavy atom. The minimum absolute atomic E-state index is 0.0389. The zero-order chi connectivity index (χ0) is 23.8. The van der Waals surface area contributed by atoms with Crippen LogP contribution in [0.25, 0.3) is 10.9 Å². The number of benzene rings is 2. The highest BCUT2D eigenvalue weighted by Gasteiger charge is 2.31. The third kappa shape index (κ3) is 4.78. The van der Waals surface area contributed by atoms with Gasteiger partial charge in [0, 0.05) is 37.3 Å². The molecule has 0 spiro atoms. The van der Waals surface area contributed by atoms with Gasteiger partial charge < -0.3 is 20.9 Å². The van der Waals surface area contributed by atoms with Crippen molar-refractivity contribution in [3.63, 3.8) is 0 Å². The fourth-order valence-corrected chi connectivity index (χ4v) is 3.98. The molecule has 0 aliphatic carbocycles. The lowest BCUT2D eigenvalue weighted by molar-refractivity contribution is -0.137. The third-order valence-corrected chi connectivity index (χ3v) is 5.88. The highest BCUT2D eigenvalue weighted by Crippen LogP contribution is 2.35. The summed E-state index contributed by atoms with van der Waals surface area (Å²) in [6.07, 6.45) is -3.12. The largest absolute Gasteiger partial charge is 0.416 e. The van der Waals surface area contributed by atoms with Crippen LogP contribution >= 0.6 is 0 Å². The standard InChI is InChI=1S/C23H24F3N7/c1-14(15-7-17(23(24,25)26)10-18(28)8-15)31-22-19-11-21(33-5-3-32(2)4-6-33)16(12-27)9-20(19)29-13-30-22/h7-11,13-14H,3-6,28H2,1-2H3,(H,29,30,31). The molecule has 2 heterocycles. The summed E-state index contributed by atoms with van der Waals surface area (Å²) in [5, 5.41) is 13.6. The van der Waals surface area contributed by atoms with Crippen LogP contribution in [0.1, 0.15) is 29.7 Å². The summed E-state index contributed by atoms with van der Waals surface area (Å²) in [4.78, 5) is 13.0. The molecule has 0 amide bonds. The van der Waals surface area contributed by atoms with Crippen molar-refractivity contribution < 1.29 is 13.2 Å². The molecule has 10 heteroatoms. The Labute approximate surface area is 189 Å². The minimum atomic E-state index is -4.49. The van der Waals surface area contributed by atoms with Gasteiger partial charge in [0.1, 0.15) is 18.2 Å². The van der Waals surface area contributed by atoms with E-state index in [0.29, 0.717) is 27.8 Å². The van der Waals surface area contributed by atoms with Crippen LogP contribution in [0.2, 0.25) is 0 Å². The number of nitrogens with zero attached hydrogens (tertiary/aromatic N) is 5. The molecule has 0 radical (unpaired) electrons. The molecule has 1 aliphatic rings. The van der Waals surface area contributed by atoms with Crippen LogP contribution in [0, 0.1) is 11.3 Å². The number of rotatable bonds is 4. The van der Waals surface area contributed by atoms with E-state index in [4.69, 9.17) is 5.73 Å². The molecule has 172 valence electrons. The molecule has 1 unspecified atom stereocenters. The predicted octanol–water partition coefficient (Wildman–Crippen LogP) is 4.03. The second-order valence-corrected chi connectivity index (χ2v) is 8.26. The van der Waals surface area contributed by atoms with Gasteiger partial charge in [-0.15, -0.1) is 0 Å². The molecule has 2 aromatic carbocycles. The van der Waals surface area contributed by atoms with E-state index in [1.807, 2.05) is 6.07 Å². The zero-order valence-corrected chi connectivity index (χ0v) is 18.3. The maximum absolute atomic E-state index is 13.2. The van der Waals surface area contributed by atoms with Crippen molar-refractivity contribution in [2.24, 2.45) is 0 Å². The summed E-state index contributed by atoms with van der Waals surface area (Å²) in [5.74, 6) is 0.475. The number of nitriles is 1. The number of alkyl halides is 3. The lowest BCUT2D eigenvalue weighted by Gasteiger charge is -2.34. The predicted molar refractivity (Wildman–Crippen MR) is 122 cm³/mol. The number of hydrogen-bond acceptors (Lipinski definition) is 7. The summed E-state index contributed by atoms with van der Waals surface area (Å²) in [7, 11) is 2.06. The van der Waals surface area contributed by atoms with Crippen molar-refractivity contribution in [3.8, 4) is 6.07 Å². The van der Waals surface area contributed by atoms with Crippen LogP contribution in [0.4, 0.5) is 30.4 Å². The number of piperazine rings is 1. The maximum Gasteiger partial charge on any atom is 0.416 e. The Kier molecular flexibility index (Phi) is 5.99. The molecule has 4 rings (SSSR count). The Morgan fingerprint density at radius 3 is 2.48 bits per heavy atom. The monoisotopic (exact) mass is 455 g/mol. The Morgan fingerprint density at radius 1 is 1.09 bits per heavy atom. The number of nitrogen functional groups attached to an aromatic ring is 1. The van der Waals surface area contributed by atoms with E-state index in [1.54, 1.807) is 13.0 Å². The van der Waals surface area contributed by atoms with Gasteiger partial charge in [-0.25, -0.2) is 9.97 Å². The van der Waals surface area contributed by atoms with Gasteiger partial charge in [-0.05, 0) is 49.9 Å². The van der Waals surface area contributed by atoms with Gasteiger partial charge >= 0.3 is 6.18 Å². The quantitative estimate of drug-likeness (QED) is 0.574. The minimum Gasteiger partial charge on any atom is -0.399 e. The van der Waals surface area contributed by atoms with Gasteiger partial charge in [0.25, 0.3) is 0 Å². The van der Waals surface area contributed by atoms with E-state index >= 15 is 0 Å². The van der Waals surface area contributed by atoms with Crippen LogP contribution in [-0.4, -0.2) is 48.1 Å². The average molecular weight is 455 g/mol. The Bertz CT molecular complexity index is 1210. The number of fused-ring (bicyclic) bond motifs is 1. The summed E-state index contributed by atoms with van der Waals surface area (Å²) < 4.78 is 39.7. The zero-order valence-electron chi connectivity index (χ0n) is 18.3. The molecule has 3 N–H and O–H groups in total. The fourth-order valence-electron chi connectivity index (χ4n) is 3.98. The molecule has 0 saturated carbocycles. The smallest absolute Gasteiger partial charge is 0.399 e. The van der Waals surface area contributed by atoms with Crippen LogP contribution in [0.5, 0.6) is 0 Å². The van der Waals surface area contributed by atoms with Gasteiger partial charge in [0.05, 0.1) is 28.4 Å². The first-order valence-electron chi connectivity index (χ1n) is 10.5. The first-order valence-corrected chi connectivity index (χ1v) is 10.5. The lowest BCUT2D eigenvalue weighted by atomic mass is 10.0. The van der Waals surface area contributed by atoms with E-state index in [9.17, 15) is 18.4 Å². The van der Waals surface area contributed by atoms with E-state index < -0.39 is 17.8 Å². The van der Waals surface area contributed by atoms with E-state index in [2.05, 4.69) is 38.2 Å². The molecular weight excluding hydrogens is 431 g/mol. The van der Waals surface area contributed by atoms with Crippen LogP contribution in [0.15, 0.2) is 36.7 Å². The second kappa shape index (κ2) is 8.75. The number of nitrogens with two attached hydrogens (primary N) is 1. The number of hydrogen-bond donors (Lipinski definition) is 2. The molecular formula is C23H24F3N7. The van der Waals surface area contributed by atoms with Crippen molar-refractivity contribution in [1.29, 1.82) is 5.26 Å². The first-order chi connectivity index (χ1) is 15.7. The highest BCUT2D eigenvalue weighted by atomic mass is 19.4. The summed E-state index contributed by atoms with van der Waals surface area (Å²) in [6.45, 7) is 5.08. The topological polar surface area (TPSA) is 94.1 Å². The van der Waals surface area contributed by atoms with Crippen molar-refractivity contribution in [1.82, 2.24) is 14.9 Å². The molecule has 3 aromatic rings. The van der Waals surface area contributed by atoms with Gasteiger partial charge in [0.15, 0.2) is 0 Å². The van der Waals surface area contributed by atoms with Crippen molar-refractivity contribution in [3.05, 3.63) is 53.3 Å². The maximum atomic E-state index is 13.2. The molecule has 1 atom stereocenters. The third-order valence-electron chi connectivity index (χ3n) is 5.88. The Balaban J connectivity index is 1.71. The molecule has 7 nitrogen and oxygen atoms in total. The van der Waals surface area contributed by atoms with Crippen LogP contribution in [0.3, 0.4) is 0 Å². The van der Waals surface area contributed by atoms with Crippen molar-refractivity contribution in [2.75, 3.05) is 49.2 Å². The number of nitrogens with one attached hydrogen (secondary N) is 1. The number of anilines is 3. The van der Waals surface area contributed by atoms with Crippen molar-refractivity contribution in [2.45, 2.75) is 19.1 Å². The lowest BCUT2D eigenvalue weighted by Crippen LogP contribution is -2.44. The number of likely N-dealkylation sites (N-methyl/N-ethyl adjacent to an activating group) is 1. The summed E-state index contributed by atoms with van der Waals surface area (Å²) >= 11 is 0. The fraction of sp³-hybridized carbons (Fsp3) is 0.348. The van der Waals surface area contributed by atoms with Gasteiger partial charge in [-0.2, -0.15) is 18.4 Å². The molecule has 1 aromatic heterocycles. The van der Waals surface area contributed by atoms with E-state index in [1.165, 1.54) is 12.4 Å². The van der Waals surface area contributed by atoms with Gasteiger partial charge in [0.2, 0.25) is 0 Å². The molecule has 0 bridgehead atoms. The molecule has 1 aliphatic heterocycles. The van der Waals surface area contributed by atoms with E-state index in [0.717, 1.165) is 44.0 Å². The van der Waals surface area contributed by atoms with Crippen LogP contribution < -0.4 is 16.0 Å². The first kappa shape index (κ1) is 22.6. The summed E-state index contributed by atoms with van der Waals surface area (Å²) in [6, 6.07) is 8.87. The van der Waals surface area contributed by atoms with Crippen LogP contribution in [-0.2, 0) is 6.18 Å². The molecule has 1 fully saturated rings. The SMILES string of the molecule is CC(Nc1ncnc2cc(C#N)c(N3CCN(C)CC3)cc12)c1cc(N)cc(C(F)(F)F)c1. The Hall–Kier alpha value is -3.58. The average Bonchev–Trinajstić information content (AvgIpc) is 2.78. The second-order valence-electron chi connectivity index (χ2n) is 8.26. The van der Waals surface area contributed by atoms with Crippen molar-refractivity contribution >= 4 is 28.1 Å². The highest BCUT2D eigenvalue weighted by molar-refractivity contribution is 5.93. The number of aromatic nitrogens is 2. The number of halogens is 3.